The van der Waals surface area contributed by atoms with Gasteiger partial charge in [0.15, 0.2) is 0 Å². The molecule has 1 N–H and O–H groups in total. The predicted molar refractivity (Wildman–Crippen MR) is 83.2 cm³/mol. The molecular weight excluding hydrogens is 266 g/mol. The summed E-state index contributed by atoms with van der Waals surface area (Å²) in [5.74, 6) is 0.102. The smallest absolute Gasteiger partial charge is 0.238 e. The van der Waals surface area contributed by atoms with Gasteiger partial charge in [-0.05, 0) is 37.1 Å². The largest absolute Gasteiger partial charge is 0.340 e. The van der Waals surface area contributed by atoms with E-state index in [2.05, 4.69) is 16.3 Å². The third-order valence-corrected chi connectivity index (χ3v) is 3.69. The molecule has 0 aromatic heterocycles. The Morgan fingerprint density at radius 2 is 1.62 bits per heavy atom. The summed E-state index contributed by atoms with van der Waals surface area (Å²) in [6.45, 7) is 8.90. The molecule has 0 aliphatic carbocycles. The zero-order valence-corrected chi connectivity index (χ0v) is 13.0. The van der Waals surface area contributed by atoms with Crippen molar-refractivity contribution in [2.24, 2.45) is 0 Å². The monoisotopic (exact) mass is 289 g/mol. The first-order valence-electron chi connectivity index (χ1n) is 7.30. The van der Waals surface area contributed by atoms with Crippen LogP contribution < -0.4 is 5.32 Å². The fourth-order valence-corrected chi connectivity index (χ4v) is 2.67. The van der Waals surface area contributed by atoms with Crippen LogP contribution in [0.5, 0.6) is 0 Å². The lowest BCUT2D eigenvalue weighted by molar-refractivity contribution is -0.130. The van der Waals surface area contributed by atoms with Crippen molar-refractivity contribution in [2.75, 3.05) is 38.0 Å². The zero-order valence-electron chi connectivity index (χ0n) is 13.0. The number of hydrogen-bond acceptors (Lipinski definition) is 3. The van der Waals surface area contributed by atoms with Crippen LogP contribution in [0.2, 0.25) is 0 Å². The highest BCUT2D eigenvalue weighted by Crippen LogP contribution is 2.13. The summed E-state index contributed by atoms with van der Waals surface area (Å²) < 4.78 is 0. The van der Waals surface area contributed by atoms with E-state index in [1.165, 1.54) is 0 Å². The second-order valence-corrected chi connectivity index (χ2v) is 5.71. The SMILES string of the molecule is CC(=O)N1CCN(CC(=O)Nc2cc(C)cc(C)c2)CC1. The first kappa shape index (κ1) is 15.5. The fraction of sp³-hybridized carbons (Fsp3) is 0.500. The van der Waals surface area contributed by atoms with Crippen LogP contribution >= 0.6 is 0 Å². The second kappa shape index (κ2) is 6.72. The molecule has 0 unspecified atom stereocenters. The lowest BCUT2D eigenvalue weighted by Crippen LogP contribution is -2.49. The minimum atomic E-state index is -0.00345. The summed E-state index contributed by atoms with van der Waals surface area (Å²) in [5, 5.41) is 2.94. The summed E-state index contributed by atoms with van der Waals surface area (Å²) in [6.07, 6.45) is 0. The highest BCUT2D eigenvalue weighted by molar-refractivity contribution is 5.92. The molecular formula is C16H23N3O2. The van der Waals surface area contributed by atoms with Crippen molar-refractivity contribution in [1.82, 2.24) is 9.80 Å². The van der Waals surface area contributed by atoms with Crippen molar-refractivity contribution >= 4 is 17.5 Å². The van der Waals surface area contributed by atoms with Crippen molar-refractivity contribution in [2.45, 2.75) is 20.8 Å². The number of aryl methyl sites for hydroxylation is 2. The van der Waals surface area contributed by atoms with Gasteiger partial charge >= 0.3 is 0 Å². The Morgan fingerprint density at radius 1 is 1.05 bits per heavy atom. The van der Waals surface area contributed by atoms with Crippen molar-refractivity contribution in [3.05, 3.63) is 29.3 Å². The summed E-state index contributed by atoms with van der Waals surface area (Å²) in [7, 11) is 0. The molecule has 2 amide bonds. The van der Waals surface area contributed by atoms with Crippen molar-refractivity contribution in [1.29, 1.82) is 0 Å². The molecule has 0 atom stereocenters. The third-order valence-electron chi connectivity index (χ3n) is 3.69. The van der Waals surface area contributed by atoms with E-state index in [1.54, 1.807) is 6.92 Å². The Kier molecular flexibility index (Phi) is 4.96. The van der Waals surface area contributed by atoms with E-state index in [9.17, 15) is 9.59 Å². The van der Waals surface area contributed by atoms with Crippen LogP contribution in [0.1, 0.15) is 18.1 Å². The molecule has 2 rings (SSSR count). The fourth-order valence-electron chi connectivity index (χ4n) is 2.67. The number of anilines is 1. The maximum atomic E-state index is 12.1. The van der Waals surface area contributed by atoms with Crippen molar-refractivity contribution in [3.63, 3.8) is 0 Å². The molecule has 21 heavy (non-hydrogen) atoms. The second-order valence-electron chi connectivity index (χ2n) is 5.71. The molecule has 0 spiro atoms. The summed E-state index contributed by atoms with van der Waals surface area (Å²) in [4.78, 5) is 27.2. The van der Waals surface area contributed by atoms with E-state index in [0.717, 1.165) is 29.9 Å². The van der Waals surface area contributed by atoms with E-state index in [-0.39, 0.29) is 11.8 Å². The number of carbonyl (C=O) groups is 2. The Hall–Kier alpha value is -1.88. The van der Waals surface area contributed by atoms with Crippen molar-refractivity contribution < 1.29 is 9.59 Å². The molecule has 0 radical (unpaired) electrons. The van der Waals surface area contributed by atoms with Gasteiger partial charge in [0.05, 0.1) is 6.54 Å². The number of nitrogens with one attached hydrogen (secondary N) is 1. The highest BCUT2D eigenvalue weighted by Gasteiger charge is 2.20. The number of amides is 2. The quantitative estimate of drug-likeness (QED) is 0.915. The molecule has 5 nitrogen and oxygen atoms in total. The number of carbonyl (C=O) groups excluding carboxylic acids is 2. The van der Waals surface area contributed by atoms with E-state index >= 15 is 0 Å². The summed E-state index contributed by atoms with van der Waals surface area (Å²) in [6, 6.07) is 6.02. The van der Waals surface area contributed by atoms with Gasteiger partial charge in [-0.25, -0.2) is 0 Å². The van der Waals surface area contributed by atoms with Crippen LogP contribution in [0, 0.1) is 13.8 Å². The van der Waals surface area contributed by atoms with Crippen molar-refractivity contribution in [3.8, 4) is 0 Å². The van der Waals surface area contributed by atoms with Crippen LogP contribution in [0.4, 0.5) is 5.69 Å². The predicted octanol–water partition coefficient (Wildman–Crippen LogP) is 1.41. The molecule has 114 valence electrons. The van der Waals surface area contributed by atoms with Gasteiger partial charge in [0.1, 0.15) is 0 Å². The van der Waals surface area contributed by atoms with E-state index in [4.69, 9.17) is 0 Å². The molecule has 1 aliphatic heterocycles. The number of hydrogen-bond donors (Lipinski definition) is 1. The molecule has 1 aliphatic rings. The Bertz CT molecular complexity index is 514. The molecule has 0 bridgehead atoms. The molecule has 1 saturated heterocycles. The van der Waals surface area contributed by atoms with Crippen LogP contribution in [-0.4, -0.2) is 54.3 Å². The Labute approximate surface area is 125 Å². The first-order valence-corrected chi connectivity index (χ1v) is 7.30. The first-order chi connectivity index (χ1) is 9.94. The minimum absolute atomic E-state index is 0.00345. The van der Waals surface area contributed by atoms with Gasteiger partial charge in [-0.3, -0.25) is 14.5 Å². The molecule has 1 fully saturated rings. The Morgan fingerprint density at radius 3 is 2.14 bits per heavy atom. The average Bonchev–Trinajstić information content (AvgIpc) is 2.37. The van der Waals surface area contributed by atoms with Gasteiger partial charge in [-0.2, -0.15) is 0 Å². The van der Waals surface area contributed by atoms with E-state index in [1.807, 2.05) is 30.9 Å². The van der Waals surface area contributed by atoms with Gasteiger partial charge in [0.25, 0.3) is 0 Å². The maximum Gasteiger partial charge on any atom is 0.238 e. The van der Waals surface area contributed by atoms with Gasteiger partial charge < -0.3 is 10.2 Å². The number of rotatable bonds is 3. The van der Waals surface area contributed by atoms with Gasteiger partial charge in [0, 0.05) is 38.8 Å². The summed E-state index contributed by atoms with van der Waals surface area (Å²) >= 11 is 0. The number of nitrogens with zero attached hydrogens (tertiary/aromatic N) is 2. The molecule has 5 heteroatoms. The molecule has 0 saturated carbocycles. The number of benzene rings is 1. The topological polar surface area (TPSA) is 52.7 Å². The standard InChI is InChI=1S/C16H23N3O2/c1-12-8-13(2)10-15(9-12)17-16(21)11-18-4-6-19(7-5-18)14(3)20/h8-10H,4-7,11H2,1-3H3,(H,17,21). The van der Waals surface area contributed by atoms with E-state index in [0.29, 0.717) is 19.6 Å². The minimum Gasteiger partial charge on any atom is -0.340 e. The highest BCUT2D eigenvalue weighted by atomic mass is 16.2. The normalized spacial score (nSPS) is 15.9. The molecule has 1 heterocycles. The molecule has 1 aromatic carbocycles. The lowest BCUT2D eigenvalue weighted by atomic mass is 10.1. The van der Waals surface area contributed by atoms with E-state index < -0.39 is 0 Å². The number of piperazine rings is 1. The zero-order chi connectivity index (χ0) is 15.4. The maximum absolute atomic E-state index is 12.1. The van der Waals surface area contributed by atoms with Gasteiger partial charge in [0.2, 0.25) is 11.8 Å². The van der Waals surface area contributed by atoms with Crippen LogP contribution in [0.3, 0.4) is 0 Å². The van der Waals surface area contributed by atoms with Gasteiger partial charge in [-0.15, -0.1) is 0 Å². The van der Waals surface area contributed by atoms with Crippen LogP contribution in [-0.2, 0) is 9.59 Å². The Balaban J connectivity index is 1.84. The van der Waals surface area contributed by atoms with Gasteiger partial charge in [-0.1, -0.05) is 6.07 Å². The lowest BCUT2D eigenvalue weighted by Gasteiger charge is -2.33. The summed E-state index contributed by atoms with van der Waals surface area (Å²) in [5.41, 5.74) is 3.13. The third kappa shape index (κ3) is 4.56. The van der Waals surface area contributed by atoms with Crippen LogP contribution in [0.25, 0.3) is 0 Å². The van der Waals surface area contributed by atoms with Crippen LogP contribution in [0.15, 0.2) is 18.2 Å². The average molecular weight is 289 g/mol. The molecule has 1 aromatic rings.